The summed E-state index contributed by atoms with van der Waals surface area (Å²) >= 11 is 0. The van der Waals surface area contributed by atoms with E-state index >= 15 is 4.39 Å². The molecule has 38 heavy (non-hydrogen) atoms. The molecule has 0 bridgehead atoms. The van der Waals surface area contributed by atoms with Gasteiger partial charge in [-0.05, 0) is 52.3 Å². The summed E-state index contributed by atoms with van der Waals surface area (Å²) < 4.78 is 53.2. The van der Waals surface area contributed by atoms with Gasteiger partial charge < -0.3 is 23.7 Å². The monoisotopic (exact) mass is 550 g/mol. The van der Waals surface area contributed by atoms with Gasteiger partial charge in [0.2, 0.25) is 0 Å². The van der Waals surface area contributed by atoms with Crippen LogP contribution in [0.4, 0.5) is 4.39 Å². The Kier molecular flexibility index (Phi) is 8.25. The number of aromatic nitrogens is 1. The molecule has 10 nitrogen and oxygen atoms in total. The van der Waals surface area contributed by atoms with E-state index in [9.17, 15) is 19.3 Å². The third kappa shape index (κ3) is 5.92. The zero-order valence-electron chi connectivity index (χ0n) is 21.6. The second kappa shape index (κ2) is 11.1. The van der Waals surface area contributed by atoms with Gasteiger partial charge in [0.25, 0.3) is 0 Å². The number of halogens is 1. The topological polar surface area (TPSA) is 125 Å². The molecule has 2 aliphatic rings. The van der Waals surface area contributed by atoms with Crippen molar-refractivity contribution in [1.82, 2.24) is 9.65 Å². The van der Waals surface area contributed by atoms with Crippen molar-refractivity contribution in [2.75, 3.05) is 6.61 Å². The summed E-state index contributed by atoms with van der Waals surface area (Å²) in [6, 6.07) is 8.42. The summed E-state index contributed by atoms with van der Waals surface area (Å²) in [5.74, 6) is -0.473. The number of aliphatic hydroxyl groups excluding tert-OH is 1. The number of esters is 1. The second-order valence-electron chi connectivity index (χ2n) is 9.71. The number of para-hydroxylation sites is 1. The minimum Gasteiger partial charge on any atom is -0.462 e. The van der Waals surface area contributed by atoms with E-state index in [1.165, 1.54) is 30.7 Å². The molecule has 2 N–H and O–H groups in total. The Morgan fingerprint density at radius 3 is 2.68 bits per heavy atom. The number of carbonyl (C=O) groups excluding carboxylic acids is 1. The van der Waals surface area contributed by atoms with Crippen molar-refractivity contribution in [3.8, 4) is 5.75 Å². The van der Waals surface area contributed by atoms with Gasteiger partial charge >= 0.3 is 13.7 Å². The van der Waals surface area contributed by atoms with Gasteiger partial charge in [0.1, 0.15) is 24.0 Å². The Bertz CT molecular complexity index is 1300. The number of nitrogens with one attached hydrogen (secondary N) is 1. The lowest BCUT2D eigenvalue weighted by atomic mass is 9.98. The number of pyridine rings is 1. The minimum atomic E-state index is -4.25. The first-order chi connectivity index (χ1) is 17.9. The van der Waals surface area contributed by atoms with Crippen molar-refractivity contribution in [3.63, 3.8) is 0 Å². The quantitative estimate of drug-likeness (QED) is 0.338. The van der Waals surface area contributed by atoms with E-state index in [1.807, 2.05) is 0 Å². The van der Waals surface area contributed by atoms with Gasteiger partial charge in [0, 0.05) is 17.8 Å². The lowest BCUT2D eigenvalue weighted by Crippen LogP contribution is -2.41. The number of hydrogen-bond donors (Lipinski definition) is 2. The van der Waals surface area contributed by atoms with Crippen molar-refractivity contribution in [2.45, 2.75) is 70.4 Å². The van der Waals surface area contributed by atoms with Crippen LogP contribution in [-0.4, -0.2) is 52.3 Å². The largest absolute Gasteiger partial charge is 0.462 e. The zero-order valence-corrected chi connectivity index (χ0v) is 22.5. The average molecular weight is 551 g/mol. The molecule has 0 spiro atoms. The van der Waals surface area contributed by atoms with Crippen LogP contribution in [0.25, 0.3) is 6.08 Å². The van der Waals surface area contributed by atoms with Gasteiger partial charge in [-0.3, -0.25) is 14.1 Å². The van der Waals surface area contributed by atoms with E-state index in [-0.39, 0.29) is 11.2 Å². The van der Waals surface area contributed by atoms with E-state index < -0.39 is 56.6 Å². The highest BCUT2D eigenvalue weighted by molar-refractivity contribution is 7.52. The first kappa shape index (κ1) is 28.2. The van der Waals surface area contributed by atoms with Crippen LogP contribution in [-0.2, 0) is 29.8 Å². The Balaban J connectivity index is 1.54. The molecule has 0 radical (unpaired) electrons. The highest BCUT2D eigenvalue weighted by Crippen LogP contribution is 2.48. The maximum absolute atomic E-state index is 15.8. The number of fused-ring (bicyclic) bond motifs is 1. The highest BCUT2D eigenvalue weighted by Gasteiger charge is 2.55. The van der Waals surface area contributed by atoms with Crippen molar-refractivity contribution < 1.29 is 37.4 Å². The van der Waals surface area contributed by atoms with Crippen LogP contribution in [0.5, 0.6) is 5.75 Å². The molecule has 1 aromatic carbocycles. The predicted octanol–water partition coefficient (Wildman–Crippen LogP) is 3.54. The predicted molar refractivity (Wildman–Crippen MR) is 137 cm³/mol. The molecule has 6 atom stereocenters. The van der Waals surface area contributed by atoms with Crippen LogP contribution < -0.4 is 15.0 Å². The molecule has 12 heteroatoms. The third-order valence-electron chi connectivity index (χ3n) is 6.27. The standard InChI is InChI=1S/C26H32FN2O8P/c1-16(2)35-24(32)17(3)28-38(33,37-18-9-6-5-7-10-18)34-15-22-23(31)26(4,27)25(36-22)29-14-13-21(30)19-11-8-12-20(19)29/h5-10,12-14,16-17,22-23,25,31H,11,15H2,1-4H3,(H,28,33)/t17-,22+,23+,25+,26+,38+/m0/s1. The summed E-state index contributed by atoms with van der Waals surface area (Å²) in [6.45, 7) is 5.46. The molecule has 1 aliphatic heterocycles. The number of rotatable bonds is 10. The fraction of sp³-hybridized carbons (Fsp3) is 0.462. The van der Waals surface area contributed by atoms with Gasteiger partial charge in [-0.2, -0.15) is 5.09 Å². The maximum atomic E-state index is 15.8. The number of carbonyl (C=O) groups is 1. The van der Waals surface area contributed by atoms with E-state index in [1.54, 1.807) is 56.3 Å². The molecule has 1 aliphatic carbocycles. The number of aliphatic hydroxyl groups is 1. The minimum absolute atomic E-state index is 0.171. The summed E-state index contributed by atoms with van der Waals surface area (Å²) in [7, 11) is -4.25. The first-order valence-electron chi connectivity index (χ1n) is 12.3. The molecule has 0 unspecified atom stereocenters. The van der Waals surface area contributed by atoms with Crippen molar-refractivity contribution in [1.29, 1.82) is 0 Å². The second-order valence-corrected chi connectivity index (χ2v) is 11.4. The molecule has 0 saturated carbocycles. The zero-order chi connectivity index (χ0) is 27.7. The van der Waals surface area contributed by atoms with Crippen molar-refractivity contribution in [2.24, 2.45) is 0 Å². The summed E-state index contributed by atoms with van der Waals surface area (Å²) in [5.41, 5.74) is -1.44. The molecule has 0 amide bonds. The van der Waals surface area contributed by atoms with Crippen LogP contribution in [0, 0.1) is 0 Å². The number of ether oxygens (including phenoxy) is 2. The van der Waals surface area contributed by atoms with Crippen molar-refractivity contribution in [3.05, 3.63) is 70.2 Å². The number of nitrogens with zero attached hydrogens (tertiary/aromatic N) is 1. The number of benzene rings is 1. The van der Waals surface area contributed by atoms with E-state index in [0.717, 1.165) is 0 Å². The molecule has 1 fully saturated rings. The fourth-order valence-corrected chi connectivity index (χ4v) is 5.85. The van der Waals surface area contributed by atoms with E-state index in [0.29, 0.717) is 17.7 Å². The number of hydrogen-bond acceptors (Lipinski definition) is 8. The van der Waals surface area contributed by atoms with Crippen LogP contribution in [0.1, 0.15) is 45.2 Å². The number of alkyl halides is 1. The van der Waals surface area contributed by atoms with E-state index in [2.05, 4.69) is 5.09 Å². The summed E-state index contributed by atoms with van der Waals surface area (Å²) in [5, 5.41) is 13.4. The molecule has 1 saturated heterocycles. The van der Waals surface area contributed by atoms with Crippen LogP contribution in [0.15, 0.2) is 53.5 Å². The Morgan fingerprint density at radius 1 is 1.29 bits per heavy atom. The number of allylic oxidation sites excluding steroid dienone is 1. The molecule has 2 aromatic rings. The fourth-order valence-electron chi connectivity index (χ4n) is 4.35. The molecular formula is C26H32FN2O8P. The van der Waals surface area contributed by atoms with E-state index in [4.69, 9.17) is 18.5 Å². The smallest absolute Gasteiger partial charge is 0.459 e. The van der Waals surface area contributed by atoms with Gasteiger partial charge in [-0.25, -0.2) is 8.96 Å². The molecule has 206 valence electrons. The van der Waals surface area contributed by atoms with Gasteiger partial charge in [0.15, 0.2) is 17.3 Å². The van der Waals surface area contributed by atoms with Crippen molar-refractivity contribution >= 4 is 19.8 Å². The molecule has 1 aromatic heterocycles. The molecular weight excluding hydrogens is 518 g/mol. The average Bonchev–Trinajstić information content (AvgIpc) is 3.43. The Morgan fingerprint density at radius 2 is 2.00 bits per heavy atom. The Hall–Kier alpha value is -2.82. The maximum Gasteiger partial charge on any atom is 0.459 e. The Labute approximate surface area is 219 Å². The lowest BCUT2D eigenvalue weighted by molar-refractivity contribution is -0.149. The molecule has 2 heterocycles. The normalized spacial score (nSPS) is 26.7. The van der Waals surface area contributed by atoms with Gasteiger partial charge in [0.05, 0.1) is 18.4 Å². The summed E-state index contributed by atoms with van der Waals surface area (Å²) in [6.07, 6.45) is 0.738. The molecule has 4 rings (SSSR count). The SMILES string of the molecule is CC(C)OC(=O)[C@H](C)N[P@@](=O)(OC[C@H]1O[C@@H](n2ccc(=O)c3c2C=CC3)[C@](C)(F)[C@@H]1O)Oc1ccccc1. The van der Waals surface area contributed by atoms with Gasteiger partial charge in [-0.1, -0.05) is 24.3 Å². The van der Waals surface area contributed by atoms with Gasteiger partial charge in [-0.15, -0.1) is 0 Å². The van der Waals surface area contributed by atoms with Crippen LogP contribution >= 0.6 is 7.75 Å². The van der Waals surface area contributed by atoms with Crippen LogP contribution in [0.2, 0.25) is 0 Å². The lowest BCUT2D eigenvalue weighted by Gasteiger charge is -2.27. The highest BCUT2D eigenvalue weighted by atomic mass is 31.2. The third-order valence-corrected chi connectivity index (χ3v) is 7.92. The van der Waals surface area contributed by atoms with Crippen LogP contribution in [0.3, 0.4) is 0 Å². The summed E-state index contributed by atoms with van der Waals surface area (Å²) in [4.78, 5) is 24.5. The first-order valence-corrected chi connectivity index (χ1v) is 13.9.